The molecule has 2 nitrogen and oxygen atoms in total. The zero-order valence-electron chi connectivity index (χ0n) is 8.60. The first kappa shape index (κ1) is 12.0. The highest BCUT2D eigenvalue weighted by atomic mass is 79.9. The monoisotopic (exact) mass is 277 g/mol. The lowest BCUT2D eigenvalue weighted by atomic mass is 10.3. The Morgan fingerprint density at radius 2 is 2.36 bits per heavy atom. The maximum atomic E-state index is 5.20. The van der Waals surface area contributed by atoms with Crippen LogP contribution < -0.4 is 10.1 Å². The number of hydrogen-bond donors (Lipinski definition) is 1. The fourth-order valence-electron chi connectivity index (χ4n) is 1.14. The summed E-state index contributed by atoms with van der Waals surface area (Å²) in [5.41, 5.74) is 0. The van der Waals surface area contributed by atoms with Crippen LogP contribution in [0.3, 0.4) is 0 Å². The van der Waals surface area contributed by atoms with E-state index in [9.17, 15) is 0 Å². The third kappa shape index (κ3) is 3.59. The van der Waals surface area contributed by atoms with Crippen molar-refractivity contribution in [1.29, 1.82) is 0 Å². The van der Waals surface area contributed by atoms with E-state index in [0.717, 1.165) is 22.6 Å². The van der Waals surface area contributed by atoms with Crippen LogP contribution in [0.5, 0.6) is 5.06 Å². The SMILES string of the molecule is CCCCNCc1cc(Br)c(OC)s1. The smallest absolute Gasteiger partial charge is 0.188 e. The van der Waals surface area contributed by atoms with Gasteiger partial charge in [0.05, 0.1) is 11.6 Å². The summed E-state index contributed by atoms with van der Waals surface area (Å²) in [7, 11) is 1.70. The van der Waals surface area contributed by atoms with E-state index in [1.54, 1.807) is 18.4 Å². The van der Waals surface area contributed by atoms with Gasteiger partial charge in [0.25, 0.3) is 0 Å². The minimum absolute atomic E-state index is 0.937. The van der Waals surface area contributed by atoms with Gasteiger partial charge in [-0.05, 0) is 35.0 Å². The minimum Gasteiger partial charge on any atom is -0.486 e. The summed E-state index contributed by atoms with van der Waals surface area (Å²) in [6, 6.07) is 2.11. The zero-order valence-corrected chi connectivity index (χ0v) is 11.0. The predicted octanol–water partition coefficient (Wildman–Crippen LogP) is 3.41. The number of rotatable bonds is 6. The average Bonchev–Trinajstić information content (AvgIpc) is 2.54. The third-order valence-electron chi connectivity index (χ3n) is 1.90. The second-order valence-corrected chi connectivity index (χ2v) is 5.04. The molecule has 1 aromatic heterocycles. The summed E-state index contributed by atoms with van der Waals surface area (Å²) in [4.78, 5) is 1.31. The van der Waals surface area contributed by atoms with Crippen LogP contribution in [0.2, 0.25) is 0 Å². The molecule has 0 unspecified atom stereocenters. The number of unbranched alkanes of at least 4 members (excludes halogenated alkanes) is 1. The van der Waals surface area contributed by atoms with Crippen LogP contribution in [0.4, 0.5) is 0 Å². The maximum absolute atomic E-state index is 5.20. The van der Waals surface area contributed by atoms with Gasteiger partial charge in [-0.25, -0.2) is 0 Å². The lowest BCUT2D eigenvalue weighted by Crippen LogP contribution is -2.13. The zero-order chi connectivity index (χ0) is 10.4. The average molecular weight is 278 g/mol. The second-order valence-electron chi connectivity index (χ2n) is 3.08. The topological polar surface area (TPSA) is 21.3 Å². The Labute approximate surface area is 97.8 Å². The standard InChI is InChI=1S/C10H16BrNOS/c1-3-4-5-12-7-8-6-9(11)10(13-2)14-8/h6,12H,3-5,7H2,1-2H3. The Hall–Kier alpha value is -0.0600. The Bertz CT molecular complexity index is 275. The molecule has 0 spiro atoms. The molecule has 0 aliphatic carbocycles. The van der Waals surface area contributed by atoms with Crippen molar-refractivity contribution in [1.82, 2.24) is 5.32 Å². The van der Waals surface area contributed by atoms with Crippen LogP contribution in [0.1, 0.15) is 24.6 Å². The number of nitrogens with one attached hydrogen (secondary N) is 1. The summed E-state index contributed by atoms with van der Waals surface area (Å²) < 4.78 is 6.25. The van der Waals surface area contributed by atoms with Crippen LogP contribution in [-0.2, 0) is 6.54 Å². The third-order valence-corrected chi connectivity index (χ3v) is 3.85. The van der Waals surface area contributed by atoms with Gasteiger partial charge >= 0.3 is 0 Å². The highest BCUT2D eigenvalue weighted by molar-refractivity contribution is 9.10. The molecule has 0 aliphatic rings. The number of halogens is 1. The van der Waals surface area contributed by atoms with E-state index in [-0.39, 0.29) is 0 Å². The van der Waals surface area contributed by atoms with Gasteiger partial charge in [0, 0.05) is 11.4 Å². The number of thiophene rings is 1. The fraction of sp³-hybridized carbons (Fsp3) is 0.600. The van der Waals surface area contributed by atoms with Crippen molar-refractivity contribution in [3.63, 3.8) is 0 Å². The lowest BCUT2D eigenvalue weighted by Gasteiger charge is -2.00. The van der Waals surface area contributed by atoms with E-state index in [2.05, 4.69) is 34.2 Å². The first-order valence-corrected chi connectivity index (χ1v) is 6.41. The van der Waals surface area contributed by atoms with E-state index in [0.29, 0.717) is 0 Å². The summed E-state index contributed by atoms with van der Waals surface area (Å²) in [5.74, 6) is 0. The van der Waals surface area contributed by atoms with Crippen molar-refractivity contribution < 1.29 is 4.74 Å². The fourth-order valence-corrected chi connectivity index (χ4v) is 2.80. The first-order valence-electron chi connectivity index (χ1n) is 4.80. The van der Waals surface area contributed by atoms with Crippen LogP contribution >= 0.6 is 27.3 Å². The number of methoxy groups -OCH3 is 1. The molecule has 0 saturated carbocycles. The Morgan fingerprint density at radius 3 is 2.93 bits per heavy atom. The molecule has 4 heteroatoms. The maximum Gasteiger partial charge on any atom is 0.188 e. The molecule has 80 valence electrons. The quantitative estimate of drug-likeness (QED) is 0.805. The molecule has 0 saturated heterocycles. The summed E-state index contributed by atoms with van der Waals surface area (Å²) >= 11 is 5.14. The molecule has 0 aromatic carbocycles. The highest BCUT2D eigenvalue weighted by Crippen LogP contribution is 2.34. The van der Waals surface area contributed by atoms with E-state index < -0.39 is 0 Å². The lowest BCUT2D eigenvalue weighted by molar-refractivity contribution is 0.425. The van der Waals surface area contributed by atoms with Gasteiger partial charge in [-0.1, -0.05) is 13.3 Å². The van der Waals surface area contributed by atoms with Gasteiger partial charge in [0.1, 0.15) is 0 Å². The molecule has 0 fully saturated rings. The van der Waals surface area contributed by atoms with Gasteiger partial charge in [-0.15, -0.1) is 11.3 Å². The molecular formula is C10H16BrNOS. The van der Waals surface area contributed by atoms with E-state index >= 15 is 0 Å². The van der Waals surface area contributed by atoms with Gasteiger partial charge in [-0.3, -0.25) is 0 Å². The van der Waals surface area contributed by atoms with Crippen molar-refractivity contribution >= 4 is 27.3 Å². The van der Waals surface area contributed by atoms with Gasteiger partial charge in [0.2, 0.25) is 0 Å². The summed E-state index contributed by atoms with van der Waals surface area (Å²) in [5, 5.41) is 4.36. The minimum atomic E-state index is 0.937. The Balaban J connectivity index is 2.35. The molecule has 1 heterocycles. The highest BCUT2D eigenvalue weighted by Gasteiger charge is 2.05. The molecule has 1 N–H and O–H groups in total. The molecule has 1 rings (SSSR count). The van der Waals surface area contributed by atoms with Gasteiger partial charge in [0.15, 0.2) is 5.06 Å². The normalized spacial score (nSPS) is 10.5. The van der Waals surface area contributed by atoms with Crippen LogP contribution in [0, 0.1) is 0 Å². The van der Waals surface area contributed by atoms with E-state index in [4.69, 9.17) is 4.74 Å². The van der Waals surface area contributed by atoms with Crippen molar-refractivity contribution in [3.05, 3.63) is 15.4 Å². The van der Waals surface area contributed by atoms with Crippen LogP contribution in [0.15, 0.2) is 10.5 Å². The van der Waals surface area contributed by atoms with Crippen LogP contribution in [0.25, 0.3) is 0 Å². The van der Waals surface area contributed by atoms with Crippen molar-refractivity contribution in [2.45, 2.75) is 26.3 Å². The largest absolute Gasteiger partial charge is 0.486 e. The van der Waals surface area contributed by atoms with E-state index in [1.165, 1.54) is 17.7 Å². The number of ether oxygens (including phenoxy) is 1. The van der Waals surface area contributed by atoms with Crippen molar-refractivity contribution in [2.75, 3.05) is 13.7 Å². The Morgan fingerprint density at radius 1 is 1.57 bits per heavy atom. The summed E-state index contributed by atoms with van der Waals surface area (Å²) in [6.45, 7) is 4.23. The molecule has 1 aromatic rings. The second kappa shape index (κ2) is 6.43. The number of hydrogen-bond acceptors (Lipinski definition) is 3. The Kier molecular flexibility index (Phi) is 5.52. The van der Waals surface area contributed by atoms with Crippen molar-refractivity contribution in [3.8, 4) is 5.06 Å². The van der Waals surface area contributed by atoms with Crippen molar-refractivity contribution in [2.24, 2.45) is 0 Å². The first-order chi connectivity index (χ1) is 6.77. The van der Waals surface area contributed by atoms with E-state index in [1.807, 2.05) is 0 Å². The molecule has 0 amide bonds. The van der Waals surface area contributed by atoms with Gasteiger partial charge < -0.3 is 10.1 Å². The molecular weight excluding hydrogens is 262 g/mol. The molecule has 0 atom stereocenters. The molecule has 0 radical (unpaired) electrons. The van der Waals surface area contributed by atoms with Gasteiger partial charge in [-0.2, -0.15) is 0 Å². The predicted molar refractivity (Wildman–Crippen MR) is 65.2 cm³/mol. The summed E-state index contributed by atoms with van der Waals surface area (Å²) in [6.07, 6.45) is 2.48. The molecule has 0 bridgehead atoms. The van der Waals surface area contributed by atoms with Crippen LogP contribution in [-0.4, -0.2) is 13.7 Å². The molecule has 0 aliphatic heterocycles. The molecule has 14 heavy (non-hydrogen) atoms.